The Kier molecular flexibility index (Phi) is 6.96. The van der Waals surface area contributed by atoms with Crippen molar-refractivity contribution in [2.75, 3.05) is 7.11 Å². The summed E-state index contributed by atoms with van der Waals surface area (Å²) in [5.74, 6) is 0. The quantitative estimate of drug-likeness (QED) is 0.528. The minimum atomic E-state index is -2.91. The van der Waals surface area contributed by atoms with Crippen molar-refractivity contribution in [3.8, 4) is 0 Å². The third-order valence-corrected chi connectivity index (χ3v) is 4.18. The average Bonchev–Trinajstić information content (AvgIpc) is 2.02. The standard InChI is InChI=1S/C2H8FO6P3/c1-8-12(7)9-11(6)2(3)10(4)5/h2,4-7H,1H3. The molecule has 0 saturated heterocycles. The Bertz CT molecular complexity index is 125. The Morgan fingerprint density at radius 3 is 2.08 bits per heavy atom. The number of alkyl halides is 1. The SMILES string of the molecule is COP(O)OP(O)C(F)P(O)O. The molecule has 0 aliphatic carbocycles. The van der Waals surface area contributed by atoms with Gasteiger partial charge >= 0.3 is 8.60 Å². The molecule has 0 saturated carbocycles. The van der Waals surface area contributed by atoms with E-state index in [1.54, 1.807) is 0 Å². The van der Waals surface area contributed by atoms with Crippen LogP contribution in [0.5, 0.6) is 0 Å². The van der Waals surface area contributed by atoms with Crippen molar-refractivity contribution < 1.29 is 32.8 Å². The van der Waals surface area contributed by atoms with Crippen LogP contribution in [-0.4, -0.2) is 32.3 Å². The van der Waals surface area contributed by atoms with Gasteiger partial charge in [0.2, 0.25) is 22.4 Å². The van der Waals surface area contributed by atoms with Crippen molar-refractivity contribution in [2.45, 2.75) is 5.65 Å². The maximum Gasteiger partial charge on any atom is 0.335 e. The van der Waals surface area contributed by atoms with Gasteiger partial charge in [-0.3, -0.25) is 4.31 Å². The Morgan fingerprint density at radius 1 is 1.25 bits per heavy atom. The van der Waals surface area contributed by atoms with Gasteiger partial charge in [-0.2, -0.15) is 0 Å². The Hall–Kier alpha value is 0.980. The first-order valence-corrected chi connectivity index (χ1v) is 6.22. The van der Waals surface area contributed by atoms with E-state index in [9.17, 15) is 4.39 Å². The lowest BCUT2D eigenvalue weighted by Crippen LogP contribution is -1.96. The van der Waals surface area contributed by atoms with Gasteiger partial charge in [0, 0.05) is 7.11 Å². The van der Waals surface area contributed by atoms with Crippen molar-refractivity contribution in [2.24, 2.45) is 0 Å². The molecule has 3 unspecified atom stereocenters. The van der Waals surface area contributed by atoms with Crippen LogP contribution in [0, 0.1) is 0 Å². The summed E-state index contributed by atoms with van der Waals surface area (Å²) < 4.78 is 20.8. The molecule has 0 aromatic carbocycles. The monoisotopic (exact) mass is 240 g/mol. The highest BCUT2D eigenvalue weighted by Crippen LogP contribution is 2.59. The van der Waals surface area contributed by atoms with Gasteiger partial charge in [-0.15, -0.1) is 0 Å². The molecule has 3 atom stereocenters. The van der Waals surface area contributed by atoms with E-state index < -0.39 is 31.0 Å². The molecule has 12 heavy (non-hydrogen) atoms. The molecule has 0 spiro atoms. The van der Waals surface area contributed by atoms with Crippen LogP contribution < -0.4 is 0 Å². The molecule has 0 aliphatic rings. The molecule has 6 nitrogen and oxygen atoms in total. The van der Waals surface area contributed by atoms with Crippen LogP contribution >= 0.6 is 25.4 Å². The second kappa shape index (κ2) is 6.44. The van der Waals surface area contributed by atoms with Crippen molar-refractivity contribution in [1.29, 1.82) is 0 Å². The van der Waals surface area contributed by atoms with Gasteiger partial charge in [-0.05, 0) is 0 Å². The maximum absolute atomic E-state index is 12.4. The molecule has 4 N–H and O–H groups in total. The zero-order valence-electron chi connectivity index (χ0n) is 5.90. The molecule has 0 fully saturated rings. The summed E-state index contributed by atoms with van der Waals surface area (Å²) in [4.78, 5) is 33.9. The fourth-order valence-electron chi connectivity index (χ4n) is 0.232. The van der Waals surface area contributed by atoms with Crippen LogP contribution in [0.1, 0.15) is 0 Å². The molecule has 10 heteroatoms. The fourth-order valence-corrected chi connectivity index (χ4v) is 2.47. The van der Waals surface area contributed by atoms with Gasteiger partial charge in [0.05, 0.1) is 0 Å². The lowest BCUT2D eigenvalue weighted by atomic mass is 11.8. The summed E-state index contributed by atoms with van der Waals surface area (Å²) in [6.07, 6.45) is 0. The smallest absolute Gasteiger partial charge is 0.335 e. The van der Waals surface area contributed by atoms with Crippen LogP contribution in [0.25, 0.3) is 0 Å². The third-order valence-electron chi connectivity index (χ3n) is 0.683. The van der Waals surface area contributed by atoms with E-state index in [2.05, 4.69) is 8.83 Å². The topological polar surface area (TPSA) is 99.4 Å². The van der Waals surface area contributed by atoms with E-state index in [0.717, 1.165) is 7.11 Å². The third kappa shape index (κ3) is 4.87. The van der Waals surface area contributed by atoms with Crippen molar-refractivity contribution in [1.82, 2.24) is 0 Å². The Morgan fingerprint density at radius 2 is 1.75 bits per heavy atom. The first-order chi connectivity index (χ1) is 5.49. The van der Waals surface area contributed by atoms with E-state index in [-0.39, 0.29) is 0 Å². The highest BCUT2D eigenvalue weighted by atomic mass is 31.2. The average molecular weight is 240 g/mol. The predicted molar refractivity (Wildman–Crippen MR) is 42.6 cm³/mol. The van der Waals surface area contributed by atoms with Gasteiger partial charge in [0.1, 0.15) is 0 Å². The number of rotatable bonds is 5. The van der Waals surface area contributed by atoms with E-state index in [1.807, 2.05) is 0 Å². The maximum atomic E-state index is 12.4. The highest BCUT2D eigenvalue weighted by Gasteiger charge is 2.30. The van der Waals surface area contributed by atoms with Gasteiger partial charge < -0.3 is 24.1 Å². The first-order valence-electron chi connectivity index (χ1n) is 2.49. The van der Waals surface area contributed by atoms with Gasteiger partial charge in [-0.25, -0.2) is 4.39 Å². The molecule has 0 amide bonds. The van der Waals surface area contributed by atoms with E-state index in [1.165, 1.54) is 0 Å². The van der Waals surface area contributed by atoms with Crippen molar-refractivity contribution >= 4 is 25.4 Å². The summed E-state index contributed by atoms with van der Waals surface area (Å²) in [7, 11) is -6.86. The van der Waals surface area contributed by atoms with Crippen LogP contribution in [0.15, 0.2) is 0 Å². The first kappa shape index (κ1) is 13.0. The zero-order valence-corrected chi connectivity index (χ0v) is 8.59. The second-order valence-electron chi connectivity index (χ2n) is 1.44. The molecule has 0 rings (SSSR count). The van der Waals surface area contributed by atoms with Crippen LogP contribution in [0.2, 0.25) is 0 Å². The highest BCUT2D eigenvalue weighted by molar-refractivity contribution is 7.68. The summed E-state index contributed by atoms with van der Waals surface area (Å²) in [5, 5.41) is 0. The van der Waals surface area contributed by atoms with Crippen LogP contribution in [0.4, 0.5) is 4.39 Å². The number of hydrogen-bond acceptors (Lipinski definition) is 6. The lowest BCUT2D eigenvalue weighted by Gasteiger charge is -2.16. The van der Waals surface area contributed by atoms with E-state index in [0.29, 0.717) is 0 Å². The van der Waals surface area contributed by atoms with Gasteiger partial charge in [0.25, 0.3) is 0 Å². The number of halogens is 1. The van der Waals surface area contributed by atoms with Gasteiger partial charge in [0.15, 0.2) is 0 Å². The van der Waals surface area contributed by atoms with Crippen molar-refractivity contribution in [3.63, 3.8) is 0 Å². The molecule has 0 aliphatic heterocycles. The number of hydrogen-bond donors (Lipinski definition) is 4. The van der Waals surface area contributed by atoms with Crippen molar-refractivity contribution in [3.05, 3.63) is 0 Å². The molecule has 74 valence electrons. The summed E-state index contributed by atoms with van der Waals surface area (Å²) in [6.45, 7) is 0. The normalized spacial score (nSPS) is 19.2. The Labute approximate surface area is 71.8 Å². The largest absolute Gasteiger partial charge is 0.348 e. The molecule has 0 aromatic rings. The summed E-state index contributed by atoms with van der Waals surface area (Å²) in [6, 6.07) is 0. The molecular weight excluding hydrogens is 232 g/mol. The zero-order chi connectivity index (χ0) is 9.72. The lowest BCUT2D eigenvalue weighted by molar-refractivity contribution is 0.305. The van der Waals surface area contributed by atoms with Gasteiger partial charge in [-0.1, -0.05) is 0 Å². The molecular formula is C2H8FO6P3. The molecule has 0 radical (unpaired) electrons. The van der Waals surface area contributed by atoms with Crippen LogP contribution in [-0.2, 0) is 8.83 Å². The van der Waals surface area contributed by atoms with E-state index >= 15 is 0 Å². The minimum Gasteiger partial charge on any atom is -0.348 e. The summed E-state index contributed by atoms with van der Waals surface area (Å²) in [5.41, 5.74) is -2.28. The molecule has 0 bridgehead atoms. The minimum absolute atomic E-state index is 1.10. The predicted octanol–water partition coefficient (Wildman–Crippen LogP) is 0.722. The summed E-state index contributed by atoms with van der Waals surface area (Å²) >= 11 is 0. The fraction of sp³-hybridized carbons (Fsp3) is 1.00. The molecule has 0 heterocycles. The van der Waals surface area contributed by atoms with E-state index in [4.69, 9.17) is 19.6 Å². The van der Waals surface area contributed by atoms with Crippen LogP contribution in [0.3, 0.4) is 0 Å². The molecule has 0 aromatic heterocycles. The Balaban J connectivity index is 3.78. The second-order valence-corrected chi connectivity index (χ2v) is 5.49.